The van der Waals surface area contributed by atoms with Gasteiger partial charge in [0.15, 0.2) is 0 Å². The molecule has 5 nitrogen and oxygen atoms in total. The van der Waals surface area contributed by atoms with Crippen molar-refractivity contribution >= 4 is 8.25 Å². The lowest BCUT2D eigenvalue weighted by Gasteiger charge is -1.78. The molecule has 1 atom stereocenters. The van der Waals surface area contributed by atoms with Gasteiger partial charge in [-0.2, -0.15) is 0 Å². The summed E-state index contributed by atoms with van der Waals surface area (Å²) in [4.78, 5) is 7.69. The van der Waals surface area contributed by atoms with Gasteiger partial charge in [0.2, 0.25) is 0 Å². The Morgan fingerprint density at radius 1 is 1.56 bits per heavy atom. The van der Waals surface area contributed by atoms with E-state index in [4.69, 9.17) is 16.4 Å². The average molecular weight is 156 g/mol. The van der Waals surface area contributed by atoms with Crippen LogP contribution in [-0.4, -0.2) is 25.1 Å². The molecule has 0 radical (unpaired) electrons. The first-order valence-corrected chi connectivity index (χ1v) is 3.62. The van der Waals surface area contributed by atoms with Crippen molar-refractivity contribution in [3.05, 3.63) is 0 Å². The first kappa shape index (κ1) is 11.8. The van der Waals surface area contributed by atoms with Crippen molar-refractivity contribution in [2.75, 3.05) is 20.2 Å². The summed E-state index contributed by atoms with van der Waals surface area (Å²) in [5, 5.41) is 0. The molecular formula is C3H13N2O3P. The fourth-order valence-electron chi connectivity index (χ4n) is 0. The molecule has 0 aliphatic rings. The van der Waals surface area contributed by atoms with Crippen LogP contribution in [0.4, 0.5) is 0 Å². The first-order valence-electron chi connectivity index (χ1n) is 2.36. The Bertz CT molecular complexity index is 68.1. The predicted octanol–water partition coefficient (Wildman–Crippen LogP) is -1.08. The summed E-state index contributed by atoms with van der Waals surface area (Å²) in [5.41, 5.74) is 9.81. The number of rotatable bonds is 2. The molecule has 0 saturated carbocycles. The van der Waals surface area contributed by atoms with Crippen LogP contribution in [0.15, 0.2) is 0 Å². The summed E-state index contributed by atoms with van der Waals surface area (Å²) in [7, 11) is -1.44. The van der Waals surface area contributed by atoms with E-state index in [9.17, 15) is 4.57 Å². The largest absolute Gasteiger partial charge is 0.329 e. The van der Waals surface area contributed by atoms with Crippen LogP contribution < -0.4 is 11.5 Å². The molecule has 1 unspecified atom stereocenters. The van der Waals surface area contributed by atoms with E-state index in [1.54, 1.807) is 0 Å². The molecule has 58 valence electrons. The minimum Gasteiger partial charge on any atom is -0.329 e. The molecule has 0 bridgehead atoms. The lowest BCUT2D eigenvalue weighted by molar-refractivity contribution is 0.343. The summed E-state index contributed by atoms with van der Waals surface area (Å²) in [6.45, 7) is 1.19. The van der Waals surface area contributed by atoms with Crippen LogP contribution in [0.3, 0.4) is 0 Å². The normalized spacial score (nSPS) is 11.6. The molecule has 0 aromatic heterocycles. The van der Waals surface area contributed by atoms with E-state index in [-0.39, 0.29) is 0 Å². The minimum atomic E-state index is -2.62. The topological polar surface area (TPSA) is 98.6 Å². The van der Waals surface area contributed by atoms with Gasteiger partial charge in [-0.05, 0) is 0 Å². The lowest BCUT2D eigenvalue weighted by Crippen LogP contribution is -2.11. The van der Waals surface area contributed by atoms with Crippen molar-refractivity contribution in [3.63, 3.8) is 0 Å². The molecule has 0 aliphatic heterocycles. The Hall–Kier alpha value is 0.0700. The van der Waals surface area contributed by atoms with Gasteiger partial charge in [-0.15, -0.1) is 0 Å². The Balaban J connectivity index is 0. The SMILES string of the molecule is CO[PH](=O)O.NCCN. The standard InChI is InChI=1S/C2H8N2.CH5O3P/c3-1-2-4;1-4-5(2)3/h1-4H2;5H,1H3,(H,2,3). The van der Waals surface area contributed by atoms with E-state index in [1.165, 1.54) is 7.11 Å². The van der Waals surface area contributed by atoms with Crippen molar-refractivity contribution in [1.29, 1.82) is 0 Å². The van der Waals surface area contributed by atoms with Crippen LogP contribution in [0.2, 0.25) is 0 Å². The highest BCUT2D eigenvalue weighted by molar-refractivity contribution is 7.32. The quantitative estimate of drug-likeness (QED) is 0.441. The third kappa shape index (κ3) is 31.5. The van der Waals surface area contributed by atoms with Gasteiger partial charge < -0.3 is 20.9 Å². The molecule has 0 fully saturated rings. The Kier molecular flexibility index (Phi) is 14.4. The monoisotopic (exact) mass is 156 g/mol. The third-order valence-corrected chi connectivity index (χ3v) is 0.691. The maximum Gasteiger partial charge on any atom is 0.316 e. The fraction of sp³-hybridized carbons (Fsp3) is 1.00. The molecule has 0 heterocycles. The van der Waals surface area contributed by atoms with Gasteiger partial charge in [0.05, 0.1) is 0 Å². The maximum atomic E-state index is 9.33. The number of nitrogens with two attached hydrogens (primary N) is 2. The molecule has 9 heavy (non-hydrogen) atoms. The second-order valence-corrected chi connectivity index (χ2v) is 1.99. The minimum absolute atomic E-state index is 0.597. The molecular weight excluding hydrogens is 143 g/mol. The maximum absolute atomic E-state index is 9.33. The molecule has 0 aromatic rings. The predicted molar refractivity (Wildman–Crippen MR) is 36.3 cm³/mol. The summed E-state index contributed by atoms with van der Waals surface area (Å²) >= 11 is 0. The molecule has 5 N–H and O–H groups in total. The second-order valence-electron chi connectivity index (χ2n) is 1.05. The second kappa shape index (κ2) is 10.9. The summed E-state index contributed by atoms with van der Waals surface area (Å²) in [6, 6.07) is 0. The Morgan fingerprint density at radius 2 is 1.78 bits per heavy atom. The van der Waals surface area contributed by atoms with Gasteiger partial charge in [-0.25, -0.2) is 0 Å². The Labute approximate surface area is 54.9 Å². The van der Waals surface area contributed by atoms with E-state index >= 15 is 0 Å². The fourth-order valence-corrected chi connectivity index (χ4v) is 0. The van der Waals surface area contributed by atoms with Crippen LogP contribution >= 0.6 is 8.25 Å². The van der Waals surface area contributed by atoms with Crippen molar-refractivity contribution in [1.82, 2.24) is 0 Å². The summed E-state index contributed by atoms with van der Waals surface area (Å²) in [6.07, 6.45) is 0. The molecule has 0 amide bonds. The van der Waals surface area contributed by atoms with Crippen molar-refractivity contribution in [3.8, 4) is 0 Å². The van der Waals surface area contributed by atoms with Gasteiger partial charge in [0.1, 0.15) is 0 Å². The van der Waals surface area contributed by atoms with E-state index in [2.05, 4.69) is 4.52 Å². The van der Waals surface area contributed by atoms with E-state index < -0.39 is 8.25 Å². The number of hydrogen-bond acceptors (Lipinski definition) is 4. The zero-order valence-electron chi connectivity index (χ0n) is 5.33. The average Bonchev–Trinajstić information content (AvgIpc) is 1.89. The molecule has 0 rings (SSSR count). The molecule has 6 heteroatoms. The van der Waals surface area contributed by atoms with Crippen LogP contribution in [-0.2, 0) is 9.09 Å². The van der Waals surface area contributed by atoms with Gasteiger partial charge in [-0.1, -0.05) is 0 Å². The Morgan fingerprint density at radius 3 is 1.78 bits per heavy atom. The highest BCUT2D eigenvalue weighted by Crippen LogP contribution is 2.09. The van der Waals surface area contributed by atoms with Gasteiger partial charge in [0.25, 0.3) is 0 Å². The van der Waals surface area contributed by atoms with E-state index in [0.29, 0.717) is 13.1 Å². The number of hydrogen-bond donors (Lipinski definition) is 3. The summed E-state index contributed by atoms with van der Waals surface area (Å²) in [5.74, 6) is 0. The highest BCUT2D eigenvalue weighted by Gasteiger charge is 1.74. The smallest absolute Gasteiger partial charge is 0.316 e. The first-order chi connectivity index (χ1) is 4.18. The van der Waals surface area contributed by atoms with Gasteiger partial charge in [-0.3, -0.25) is 4.57 Å². The van der Waals surface area contributed by atoms with Crippen molar-refractivity contribution in [2.45, 2.75) is 0 Å². The zero-order valence-corrected chi connectivity index (χ0v) is 6.33. The summed E-state index contributed by atoms with van der Waals surface area (Å²) < 4.78 is 13.2. The van der Waals surface area contributed by atoms with E-state index in [0.717, 1.165) is 0 Å². The zero-order chi connectivity index (χ0) is 7.70. The van der Waals surface area contributed by atoms with Crippen molar-refractivity contribution < 1.29 is 14.0 Å². The van der Waals surface area contributed by atoms with Gasteiger partial charge >= 0.3 is 8.25 Å². The van der Waals surface area contributed by atoms with Crippen LogP contribution in [0.1, 0.15) is 0 Å². The third-order valence-electron chi connectivity index (χ3n) is 0.341. The molecule has 0 spiro atoms. The van der Waals surface area contributed by atoms with Crippen molar-refractivity contribution in [2.24, 2.45) is 11.5 Å². The highest BCUT2D eigenvalue weighted by atomic mass is 31.1. The lowest BCUT2D eigenvalue weighted by atomic mass is 10.7. The van der Waals surface area contributed by atoms with E-state index in [1.807, 2.05) is 0 Å². The molecule has 0 aromatic carbocycles. The van der Waals surface area contributed by atoms with Gasteiger partial charge in [0, 0.05) is 20.2 Å². The van der Waals surface area contributed by atoms with Crippen LogP contribution in [0.5, 0.6) is 0 Å². The molecule has 0 saturated heterocycles. The molecule has 0 aliphatic carbocycles. The van der Waals surface area contributed by atoms with Crippen LogP contribution in [0, 0.1) is 0 Å². The van der Waals surface area contributed by atoms with Crippen LogP contribution in [0.25, 0.3) is 0 Å².